The maximum atomic E-state index is 4.14. The molecule has 0 atom stereocenters. The molecular weight excluding hydrogens is 148 g/mol. The van der Waals surface area contributed by atoms with Crippen LogP contribution < -0.4 is 0 Å². The second-order valence-electron chi connectivity index (χ2n) is 2.69. The van der Waals surface area contributed by atoms with Gasteiger partial charge < -0.3 is 0 Å². The molecule has 0 radical (unpaired) electrons. The van der Waals surface area contributed by atoms with Crippen LogP contribution in [0.1, 0.15) is 18.2 Å². The average Bonchev–Trinajstić information content (AvgIpc) is 2.36. The summed E-state index contributed by atoms with van der Waals surface area (Å²) < 4.78 is 1.87. The molecule has 0 aliphatic heterocycles. The molecule has 12 heavy (non-hydrogen) atoms. The molecule has 0 bridgehead atoms. The van der Waals surface area contributed by atoms with Crippen molar-refractivity contribution in [3.63, 3.8) is 0 Å². The van der Waals surface area contributed by atoms with E-state index in [1.54, 1.807) is 0 Å². The zero-order valence-corrected chi connectivity index (χ0v) is 7.78. The molecule has 0 unspecified atom stereocenters. The molecule has 1 aromatic heterocycles. The zero-order valence-electron chi connectivity index (χ0n) is 7.78. The van der Waals surface area contributed by atoms with Gasteiger partial charge >= 0.3 is 0 Å². The fourth-order valence-electron chi connectivity index (χ4n) is 0.950. The summed E-state index contributed by atoms with van der Waals surface area (Å²) >= 11 is 0. The Balaban J connectivity index is 2.82. The van der Waals surface area contributed by atoms with Gasteiger partial charge in [-0.25, -0.2) is 0 Å². The van der Waals surface area contributed by atoms with Crippen molar-refractivity contribution in [2.45, 2.75) is 13.8 Å². The van der Waals surface area contributed by atoms with E-state index >= 15 is 0 Å². The van der Waals surface area contributed by atoms with E-state index in [-0.39, 0.29) is 0 Å². The highest BCUT2D eigenvalue weighted by atomic mass is 15.3. The first kappa shape index (κ1) is 8.78. The largest absolute Gasteiger partial charge is 0.272 e. The van der Waals surface area contributed by atoms with Gasteiger partial charge in [0, 0.05) is 18.3 Å². The van der Waals surface area contributed by atoms with E-state index in [0.29, 0.717) is 0 Å². The average molecular weight is 162 g/mol. The molecule has 0 amide bonds. The molecule has 0 N–H and O–H groups in total. The summed E-state index contributed by atoms with van der Waals surface area (Å²) in [5.74, 6) is 0. The van der Waals surface area contributed by atoms with Crippen molar-refractivity contribution in [1.82, 2.24) is 9.78 Å². The molecule has 2 heteroatoms. The van der Waals surface area contributed by atoms with Crippen LogP contribution in [0.25, 0.3) is 6.08 Å². The van der Waals surface area contributed by atoms with Crippen LogP contribution in [0.3, 0.4) is 0 Å². The molecule has 1 aromatic rings. The Morgan fingerprint density at radius 2 is 2.17 bits per heavy atom. The lowest BCUT2D eigenvalue weighted by atomic mass is 10.2. The lowest BCUT2D eigenvalue weighted by Gasteiger charge is -1.92. The van der Waals surface area contributed by atoms with Crippen molar-refractivity contribution in [3.05, 3.63) is 35.7 Å². The van der Waals surface area contributed by atoms with Crippen LogP contribution in [0.2, 0.25) is 0 Å². The number of rotatable bonds is 2. The van der Waals surface area contributed by atoms with Crippen LogP contribution in [0.4, 0.5) is 0 Å². The Bertz CT molecular complexity index is 306. The summed E-state index contributed by atoms with van der Waals surface area (Å²) in [4.78, 5) is 0. The quantitative estimate of drug-likeness (QED) is 0.610. The van der Waals surface area contributed by atoms with Crippen molar-refractivity contribution >= 4 is 6.08 Å². The van der Waals surface area contributed by atoms with E-state index in [2.05, 4.69) is 18.1 Å². The van der Waals surface area contributed by atoms with E-state index < -0.39 is 0 Å². The van der Waals surface area contributed by atoms with Gasteiger partial charge in [0.25, 0.3) is 0 Å². The molecule has 2 nitrogen and oxygen atoms in total. The predicted molar refractivity (Wildman–Crippen MR) is 51.8 cm³/mol. The Hall–Kier alpha value is -1.31. The van der Waals surface area contributed by atoms with Crippen LogP contribution in [-0.4, -0.2) is 9.78 Å². The van der Waals surface area contributed by atoms with Crippen LogP contribution >= 0.6 is 0 Å². The normalized spacial score (nSPS) is 11.9. The maximum Gasteiger partial charge on any atom is 0.0564 e. The lowest BCUT2D eigenvalue weighted by molar-refractivity contribution is 0.740. The Kier molecular flexibility index (Phi) is 2.86. The fraction of sp³-hybridized carbons (Fsp3) is 0.300. The van der Waals surface area contributed by atoms with Gasteiger partial charge in [-0.2, -0.15) is 5.10 Å². The highest BCUT2D eigenvalue weighted by Gasteiger charge is 1.97. The highest BCUT2D eigenvalue weighted by molar-refractivity contribution is 5.52. The summed E-state index contributed by atoms with van der Waals surface area (Å²) in [6, 6.07) is 0. The number of aromatic nitrogens is 2. The molecule has 0 saturated heterocycles. The highest BCUT2D eigenvalue weighted by Crippen LogP contribution is 2.07. The van der Waals surface area contributed by atoms with Crippen molar-refractivity contribution in [3.8, 4) is 0 Å². The first-order valence-electron chi connectivity index (χ1n) is 4.03. The maximum absolute atomic E-state index is 4.14. The molecule has 0 saturated carbocycles. The van der Waals surface area contributed by atoms with Crippen molar-refractivity contribution in [2.24, 2.45) is 7.05 Å². The molecule has 0 fully saturated rings. The van der Waals surface area contributed by atoms with Gasteiger partial charge in [-0.05, 0) is 13.8 Å². The molecule has 1 rings (SSSR count). The SMILES string of the molecule is C/C=C\C=C/c1cnn(C)c1C. The minimum atomic E-state index is 1.18. The topological polar surface area (TPSA) is 17.8 Å². The monoisotopic (exact) mass is 162 g/mol. The third-order valence-electron chi connectivity index (χ3n) is 1.85. The first-order valence-corrected chi connectivity index (χ1v) is 4.03. The second kappa shape index (κ2) is 3.90. The van der Waals surface area contributed by atoms with E-state index in [9.17, 15) is 0 Å². The van der Waals surface area contributed by atoms with Gasteiger partial charge in [-0.15, -0.1) is 0 Å². The minimum Gasteiger partial charge on any atom is -0.272 e. The minimum absolute atomic E-state index is 1.18. The summed E-state index contributed by atoms with van der Waals surface area (Å²) in [6.07, 6.45) is 9.95. The lowest BCUT2D eigenvalue weighted by Crippen LogP contribution is -1.91. The summed E-state index contributed by atoms with van der Waals surface area (Å²) in [5.41, 5.74) is 2.37. The van der Waals surface area contributed by atoms with Crippen molar-refractivity contribution in [2.75, 3.05) is 0 Å². The molecule has 0 aliphatic rings. The van der Waals surface area contributed by atoms with E-state index in [4.69, 9.17) is 0 Å². The smallest absolute Gasteiger partial charge is 0.0564 e. The van der Waals surface area contributed by atoms with Crippen LogP contribution in [0, 0.1) is 6.92 Å². The van der Waals surface area contributed by atoms with Crippen LogP contribution in [0.15, 0.2) is 24.4 Å². The fourth-order valence-corrected chi connectivity index (χ4v) is 0.950. The van der Waals surface area contributed by atoms with E-state index in [1.165, 1.54) is 11.3 Å². The Morgan fingerprint density at radius 3 is 2.67 bits per heavy atom. The van der Waals surface area contributed by atoms with Crippen molar-refractivity contribution in [1.29, 1.82) is 0 Å². The van der Waals surface area contributed by atoms with Gasteiger partial charge in [-0.3, -0.25) is 4.68 Å². The van der Waals surface area contributed by atoms with Gasteiger partial charge in [0.15, 0.2) is 0 Å². The second-order valence-corrected chi connectivity index (χ2v) is 2.69. The molecule has 0 spiro atoms. The van der Waals surface area contributed by atoms with Crippen LogP contribution in [0.5, 0.6) is 0 Å². The number of aryl methyl sites for hydroxylation is 1. The number of hydrogen-bond acceptors (Lipinski definition) is 1. The summed E-state index contributed by atoms with van der Waals surface area (Å²) in [7, 11) is 1.95. The van der Waals surface area contributed by atoms with Gasteiger partial charge in [-0.1, -0.05) is 24.3 Å². The van der Waals surface area contributed by atoms with E-state index in [0.717, 1.165) is 0 Å². The first-order chi connectivity index (χ1) is 5.75. The number of hydrogen-bond donors (Lipinski definition) is 0. The van der Waals surface area contributed by atoms with Gasteiger partial charge in [0.05, 0.1) is 6.20 Å². The molecule has 0 aromatic carbocycles. The Labute approximate surface area is 73.2 Å². The van der Waals surface area contributed by atoms with Gasteiger partial charge in [0.1, 0.15) is 0 Å². The number of allylic oxidation sites excluding steroid dienone is 3. The number of nitrogens with zero attached hydrogens (tertiary/aromatic N) is 2. The van der Waals surface area contributed by atoms with E-state index in [1.807, 2.05) is 43.1 Å². The molecule has 0 aliphatic carbocycles. The molecule has 1 heterocycles. The molecular formula is C10H14N2. The summed E-state index contributed by atoms with van der Waals surface area (Å²) in [5, 5.41) is 4.14. The Morgan fingerprint density at radius 1 is 1.42 bits per heavy atom. The molecule has 64 valence electrons. The third kappa shape index (κ3) is 1.84. The zero-order chi connectivity index (χ0) is 8.97. The predicted octanol–water partition coefficient (Wildman–Crippen LogP) is 2.32. The standard InChI is InChI=1S/C10H14N2/c1-4-5-6-7-10-8-11-12(3)9(10)2/h4-8H,1-3H3/b5-4-,7-6-. The van der Waals surface area contributed by atoms with Crippen LogP contribution in [-0.2, 0) is 7.05 Å². The van der Waals surface area contributed by atoms with Crippen molar-refractivity contribution < 1.29 is 0 Å². The summed E-state index contributed by atoms with van der Waals surface area (Å²) in [6.45, 7) is 4.06. The van der Waals surface area contributed by atoms with Gasteiger partial charge in [0.2, 0.25) is 0 Å². The third-order valence-corrected chi connectivity index (χ3v) is 1.85.